The first kappa shape index (κ1) is 15.2. The smallest absolute Gasteiger partial charge is 0.220 e. The molecule has 2 N–H and O–H groups in total. The van der Waals surface area contributed by atoms with Crippen LogP contribution in [0.4, 0.5) is 0 Å². The van der Waals surface area contributed by atoms with Crippen molar-refractivity contribution in [3.8, 4) is 0 Å². The third-order valence-corrected chi connectivity index (χ3v) is 3.85. The molecule has 0 aromatic carbocycles. The summed E-state index contributed by atoms with van der Waals surface area (Å²) >= 11 is 1.68. The second-order valence-electron chi connectivity index (χ2n) is 5.60. The van der Waals surface area contributed by atoms with Crippen LogP contribution in [0.1, 0.15) is 38.5 Å². The first-order chi connectivity index (χ1) is 8.39. The van der Waals surface area contributed by atoms with Crippen molar-refractivity contribution >= 4 is 17.2 Å². The first-order valence-electron chi connectivity index (χ1n) is 6.37. The van der Waals surface area contributed by atoms with Crippen molar-refractivity contribution in [2.75, 3.05) is 6.54 Å². The molecule has 1 atom stereocenters. The van der Waals surface area contributed by atoms with E-state index in [0.717, 1.165) is 6.42 Å². The van der Waals surface area contributed by atoms with Crippen molar-refractivity contribution in [1.29, 1.82) is 0 Å². The average molecular weight is 269 g/mol. The Morgan fingerprint density at radius 1 is 1.50 bits per heavy atom. The van der Waals surface area contributed by atoms with E-state index in [0.29, 0.717) is 19.4 Å². The number of carbonyl (C=O) groups excluding carboxylic acids is 1. The molecular formula is C14H23NO2S. The predicted octanol–water partition coefficient (Wildman–Crippen LogP) is 2.59. The minimum Gasteiger partial charge on any atom is -0.393 e. The molecule has 0 aliphatic heterocycles. The van der Waals surface area contributed by atoms with Gasteiger partial charge in [-0.25, -0.2) is 0 Å². The van der Waals surface area contributed by atoms with Crippen LogP contribution in [0, 0.1) is 5.41 Å². The normalized spacial score (nSPS) is 13.3. The Bertz CT molecular complexity index is 354. The maximum Gasteiger partial charge on any atom is 0.220 e. The Morgan fingerprint density at radius 3 is 2.78 bits per heavy atom. The number of aliphatic hydroxyl groups excluding tert-OH is 1. The molecule has 0 spiro atoms. The minimum atomic E-state index is -0.380. The Balaban J connectivity index is 2.14. The summed E-state index contributed by atoms with van der Waals surface area (Å²) in [5, 5.41) is 14.7. The summed E-state index contributed by atoms with van der Waals surface area (Å²) in [6.07, 6.45) is 1.54. The second-order valence-corrected chi connectivity index (χ2v) is 6.63. The third kappa shape index (κ3) is 5.65. The maximum atomic E-state index is 11.6. The second kappa shape index (κ2) is 6.90. The van der Waals surface area contributed by atoms with Gasteiger partial charge in [0.25, 0.3) is 0 Å². The largest absolute Gasteiger partial charge is 0.393 e. The lowest BCUT2D eigenvalue weighted by Crippen LogP contribution is -2.32. The van der Waals surface area contributed by atoms with Gasteiger partial charge in [0.1, 0.15) is 0 Å². The fourth-order valence-corrected chi connectivity index (χ4v) is 2.27. The fraction of sp³-hybridized carbons (Fsp3) is 0.643. The summed E-state index contributed by atoms with van der Waals surface area (Å²) in [6, 6.07) is 4.04. The lowest BCUT2D eigenvalue weighted by molar-refractivity contribution is -0.121. The molecule has 1 heterocycles. The highest BCUT2D eigenvalue weighted by molar-refractivity contribution is 7.09. The van der Waals surface area contributed by atoms with Crippen LogP contribution in [0.3, 0.4) is 0 Å². The molecule has 3 nitrogen and oxygen atoms in total. The van der Waals surface area contributed by atoms with Gasteiger partial charge in [-0.3, -0.25) is 4.79 Å². The number of amides is 1. The minimum absolute atomic E-state index is 0.0597. The van der Waals surface area contributed by atoms with Gasteiger partial charge in [0, 0.05) is 17.8 Å². The van der Waals surface area contributed by atoms with Gasteiger partial charge in [-0.15, -0.1) is 11.3 Å². The van der Waals surface area contributed by atoms with Gasteiger partial charge in [0.15, 0.2) is 0 Å². The Morgan fingerprint density at radius 2 is 2.22 bits per heavy atom. The van der Waals surface area contributed by atoms with Crippen LogP contribution in [-0.4, -0.2) is 23.7 Å². The zero-order chi connectivity index (χ0) is 13.6. The standard InChI is InChI=1S/C14H23NO2S/c1-14(2,3)12(16)8-9-15-13(17)7-6-11-5-4-10-18-11/h4-5,10,12,16H,6-9H2,1-3H3,(H,15,17)/t12-/m0/s1. The van der Waals surface area contributed by atoms with Crippen molar-refractivity contribution in [1.82, 2.24) is 5.32 Å². The van der Waals surface area contributed by atoms with E-state index in [1.165, 1.54) is 4.88 Å². The first-order valence-corrected chi connectivity index (χ1v) is 7.24. The number of rotatable bonds is 6. The summed E-state index contributed by atoms with van der Waals surface area (Å²) in [7, 11) is 0. The quantitative estimate of drug-likeness (QED) is 0.834. The molecule has 1 amide bonds. The zero-order valence-electron chi connectivity index (χ0n) is 11.4. The van der Waals surface area contributed by atoms with Crippen molar-refractivity contribution in [3.63, 3.8) is 0 Å². The van der Waals surface area contributed by atoms with Crippen molar-refractivity contribution in [3.05, 3.63) is 22.4 Å². The highest BCUT2D eigenvalue weighted by Gasteiger charge is 2.21. The number of thiophene rings is 1. The number of hydrogen-bond acceptors (Lipinski definition) is 3. The molecule has 0 saturated heterocycles. The number of nitrogens with one attached hydrogen (secondary N) is 1. The van der Waals surface area contributed by atoms with E-state index in [9.17, 15) is 9.90 Å². The van der Waals surface area contributed by atoms with Crippen LogP contribution in [0.5, 0.6) is 0 Å². The molecule has 1 rings (SSSR count). The van der Waals surface area contributed by atoms with Crippen LogP contribution >= 0.6 is 11.3 Å². The van der Waals surface area contributed by atoms with Crippen molar-refractivity contribution in [2.45, 2.75) is 46.1 Å². The number of carbonyl (C=O) groups is 1. The Kier molecular flexibility index (Phi) is 5.82. The summed E-state index contributed by atoms with van der Waals surface area (Å²) in [5.41, 5.74) is -0.123. The highest BCUT2D eigenvalue weighted by Crippen LogP contribution is 2.20. The average Bonchev–Trinajstić information content (AvgIpc) is 2.77. The summed E-state index contributed by atoms with van der Waals surface area (Å²) in [5.74, 6) is 0.0597. The van der Waals surface area contributed by atoms with Gasteiger partial charge in [-0.05, 0) is 29.7 Å². The maximum absolute atomic E-state index is 11.6. The zero-order valence-corrected chi connectivity index (χ0v) is 12.2. The number of aliphatic hydroxyl groups is 1. The number of aryl methyl sites for hydroxylation is 1. The van der Waals surface area contributed by atoms with Gasteiger partial charge in [-0.1, -0.05) is 26.8 Å². The van der Waals surface area contributed by atoms with Gasteiger partial charge in [0.05, 0.1) is 6.10 Å². The van der Waals surface area contributed by atoms with Crippen LogP contribution in [0.2, 0.25) is 0 Å². The molecule has 0 bridgehead atoms. The van der Waals surface area contributed by atoms with Gasteiger partial charge < -0.3 is 10.4 Å². The fourth-order valence-electron chi connectivity index (χ4n) is 1.56. The molecule has 0 radical (unpaired) electrons. The topological polar surface area (TPSA) is 49.3 Å². The van der Waals surface area contributed by atoms with Crippen LogP contribution in [0.25, 0.3) is 0 Å². The van der Waals surface area contributed by atoms with E-state index in [1.54, 1.807) is 11.3 Å². The SMILES string of the molecule is CC(C)(C)[C@@H](O)CCNC(=O)CCc1cccs1. The van der Waals surface area contributed by atoms with Gasteiger partial charge >= 0.3 is 0 Å². The molecule has 0 aliphatic carbocycles. The monoisotopic (exact) mass is 269 g/mol. The predicted molar refractivity (Wildman–Crippen MR) is 75.7 cm³/mol. The molecule has 1 aromatic heterocycles. The molecule has 4 heteroatoms. The summed E-state index contributed by atoms with van der Waals surface area (Å²) in [4.78, 5) is 12.8. The third-order valence-electron chi connectivity index (χ3n) is 2.92. The van der Waals surface area contributed by atoms with Gasteiger partial charge in [-0.2, -0.15) is 0 Å². The molecule has 1 aromatic rings. The molecule has 18 heavy (non-hydrogen) atoms. The van der Waals surface area contributed by atoms with E-state index in [-0.39, 0.29) is 17.4 Å². The Hall–Kier alpha value is -0.870. The van der Waals surface area contributed by atoms with Gasteiger partial charge in [0.2, 0.25) is 5.91 Å². The van der Waals surface area contributed by atoms with E-state index < -0.39 is 0 Å². The summed E-state index contributed by atoms with van der Waals surface area (Å²) in [6.45, 7) is 6.53. The molecule has 0 saturated carbocycles. The summed E-state index contributed by atoms with van der Waals surface area (Å²) < 4.78 is 0. The van der Waals surface area contributed by atoms with E-state index in [2.05, 4.69) is 5.32 Å². The number of hydrogen-bond donors (Lipinski definition) is 2. The molecule has 0 fully saturated rings. The van der Waals surface area contributed by atoms with Crippen molar-refractivity contribution < 1.29 is 9.90 Å². The van der Waals surface area contributed by atoms with E-state index in [1.807, 2.05) is 38.3 Å². The van der Waals surface area contributed by atoms with E-state index >= 15 is 0 Å². The molecular weight excluding hydrogens is 246 g/mol. The van der Waals surface area contributed by atoms with E-state index in [4.69, 9.17) is 0 Å². The van der Waals surface area contributed by atoms with Crippen LogP contribution < -0.4 is 5.32 Å². The molecule has 102 valence electrons. The molecule has 0 aliphatic rings. The molecule has 0 unspecified atom stereocenters. The van der Waals surface area contributed by atoms with Crippen LogP contribution in [-0.2, 0) is 11.2 Å². The van der Waals surface area contributed by atoms with Crippen molar-refractivity contribution in [2.24, 2.45) is 5.41 Å². The Labute approximate surface area is 113 Å². The lowest BCUT2D eigenvalue weighted by atomic mass is 9.87. The lowest BCUT2D eigenvalue weighted by Gasteiger charge is -2.25. The highest BCUT2D eigenvalue weighted by atomic mass is 32.1. The van der Waals surface area contributed by atoms with Crippen LogP contribution in [0.15, 0.2) is 17.5 Å².